The molecule has 1 N–H and O–H groups in total. The van der Waals surface area contributed by atoms with Gasteiger partial charge in [0.05, 0.1) is 25.3 Å². The average Bonchev–Trinajstić information content (AvgIpc) is 3.02. The lowest BCUT2D eigenvalue weighted by Gasteiger charge is -2.19. The van der Waals surface area contributed by atoms with E-state index >= 15 is 0 Å². The first kappa shape index (κ1) is 19.1. The minimum absolute atomic E-state index is 0.0695. The highest BCUT2D eigenvalue weighted by atomic mass is 32.2. The molecule has 1 atom stereocenters. The quantitative estimate of drug-likeness (QED) is 0.606. The maximum Gasteiger partial charge on any atom is 0.307 e. The van der Waals surface area contributed by atoms with E-state index in [9.17, 15) is 9.59 Å². The molecular formula is C18H23N3O3S. The second-order valence-corrected chi connectivity index (χ2v) is 6.45. The number of carbonyl (C=O) groups is 2. The SMILES string of the molecule is CCn1nc(C)cc1C(=O)NC(CC(=O)OC)c1ccc(SC)cc1. The molecule has 0 saturated heterocycles. The van der Waals surface area contributed by atoms with E-state index in [-0.39, 0.29) is 18.3 Å². The summed E-state index contributed by atoms with van der Waals surface area (Å²) < 4.78 is 6.42. The normalized spacial score (nSPS) is 11.8. The molecule has 25 heavy (non-hydrogen) atoms. The van der Waals surface area contributed by atoms with Crippen molar-refractivity contribution in [3.63, 3.8) is 0 Å². The van der Waals surface area contributed by atoms with Crippen LogP contribution in [-0.4, -0.2) is 35.0 Å². The standard InChI is InChI=1S/C18H23N3O3S/c1-5-21-16(10-12(2)20-21)18(23)19-15(11-17(22)24-3)13-6-8-14(25-4)9-7-13/h6-10,15H,5,11H2,1-4H3,(H,19,23). The van der Waals surface area contributed by atoms with Gasteiger partial charge in [0.2, 0.25) is 0 Å². The predicted octanol–water partition coefficient (Wildman–Crippen LogP) is 2.97. The van der Waals surface area contributed by atoms with E-state index < -0.39 is 6.04 Å². The van der Waals surface area contributed by atoms with Gasteiger partial charge in [0.15, 0.2) is 0 Å². The first-order chi connectivity index (χ1) is 12.0. The van der Waals surface area contributed by atoms with Crippen LogP contribution in [0.5, 0.6) is 0 Å². The maximum absolute atomic E-state index is 12.7. The fraction of sp³-hybridized carbons (Fsp3) is 0.389. The Kier molecular flexibility index (Phi) is 6.64. The van der Waals surface area contributed by atoms with Crippen LogP contribution in [0.15, 0.2) is 35.2 Å². The smallest absolute Gasteiger partial charge is 0.307 e. The minimum Gasteiger partial charge on any atom is -0.469 e. The number of ether oxygens (including phenoxy) is 1. The molecule has 134 valence electrons. The number of methoxy groups -OCH3 is 1. The van der Waals surface area contributed by atoms with Crippen molar-refractivity contribution >= 4 is 23.6 Å². The third-order valence-corrected chi connectivity index (χ3v) is 4.60. The van der Waals surface area contributed by atoms with Crippen molar-refractivity contribution in [2.45, 2.75) is 37.8 Å². The minimum atomic E-state index is -0.462. The lowest BCUT2D eigenvalue weighted by atomic mass is 10.0. The zero-order valence-corrected chi connectivity index (χ0v) is 15.7. The highest BCUT2D eigenvalue weighted by molar-refractivity contribution is 7.98. The summed E-state index contributed by atoms with van der Waals surface area (Å²) in [6.07, 6.45) is 2.07. The Balaban J connectivity index is 2.25. The highest BCUT2D eigenvalue weighted by Crippen LogP contribution is 2.22. The summed E-state index contributed by atoms with van der Waals surface area (Å²) in [4.78, 5) is 25.6. The van der Waals surface area contributed by atoms with Crippen molar-refractivity contribution < 1.29 is 14.3 Å². The van der Waals surface area contributed by atoms with Crippen molar-refractivity contribution in [3.8, 4) is 0 Å². The first-order valence-corrected chi connectivity index (χ1v) is 9.27. The zero-order chi connectivity index (χ0) is 18.4. The number of hydrogen-bond acceptors (Lipinski definition) is 5. The molecule has 0 bridgehead atoms. The van der Waals surface area contributed by atoms with Crippen LogP contribution in [0.1, 0.15) is 41.1 Å². The molecule has 0 aliphatic rings. The molecule has 0 radical (unpaired) electrons. The fourth-order valence-electron chi connectivity index (χ4n) is 2.54. The Bertz CT molecular complexity index is 741. The summed E-state index contributed by atoms with van der Waals surface area (Å²) in [5.41, 5.74) is 2.12. The van der Waals surface area contributed by atoms with Gasteiger partial charge < -0.3 is 10.1 Å². The van der Waals surface area contributed by atoms with Gasteiger partial charge >= 0.3 is 5.97 Å². The zero-order valence-electron chi connectivity index (χ0n) is 14.9. The molecule has 2 aromatic rings. The Hall–Kier alpha value is -2.28. The number of esters is 1. The van der Waals surface area contributed by atoms with E-state index in [0.717, 1.165) is 16.2 Å². The van der Waals surface area contributed by atoms with Gasteiger partial charge in [0.1, 0.15) is 5.69 Å². The molecule has 0 aliphatic heterocycles. The third-order valence-electron chi connectivity index (χ3n) is 3.86. The van der Waals surface area contributed by atoms with Crippen LogP contribution >= 0.6 is 11.8 Å². The first-order valence-electron chi connectivity index (χ1n) is 8.04. The Morgan fingerprint density at radius 1 is 1.32 bits per heavy atom. The van der Waals surface area contributed by atoms with Crippen molar-refractivity contribution in [1.82, 2.24) is 15.1 Å². The summed E-state index contributed by atoms with van der Waals surface area (Å²) in [7, 11) is 1.34. The van der Waals surface area contributed by atoms with Crippen LogP contribution in [0.3, 0.4) is 0 Å². The molecule has 0 spiro atoms. The van der Waals surface area contributed by atoms with Crippen molar-refractivity contribution in [1.29, 1.82) is 0 Å². The van der Waals surface area contributed by atoms with Gasteiger partial charge in [0, 0.05) is 11.4 Å². The summed E-state index contributed by atoms with van der Waals surface area (Å²) in [6, 6.07) is 9.05. The number of nitrogens with zero attached hydrogens (tertiary/aromatic N) is 2. The van der Waals surface area contributed by atoms with Crippen LogP contribution in [0.2, 0.25) is 0 Å². The second kappa shape index (κ2) is 8.71. The van der Waals surface area contributed by atoms with E-state index in [2.05, 4.69) is 10.4 Å². The third kappa shape index (κ3) is 4.85. The van der Waals surface area contributed by atoms with Crippen LogP contribution < -0.4 is 5.32 Å². The van der Waals surface area contributed by atoms with Gasteiger partial charge in [0.25, 0.3) is 5.91 Å². The van der Waals surface area contributed by atoms with Gasteiger partial charge in [-0.05, 0) is 43.9 Å². The van der Waals surface area contributed by atoms with Gasteiger partial charge in [-0.15, -0.1) is 11.8 Å². The summed E-state index contributed by atoms with van der Waals surface area (Å²) >= 11 is 1.64. The van der Waals surface area contributed by atoms with Crippen LogP contribution in [0.25, 0.3) is 0 Å². The van der Waals surface area contributed by atoms with E-state index in [4.69, 9.17) is 4.74 Å². The maximum atomic E-state index is 12.7. The largest absolute Gasteiger partial charge is 0.469 e. The van der Waals surface area contributed by atoms with Crippen LogP contribution in [0, 0.1) is 6.92 Å². The monoisotopic (exact) mass is 361 g/mol. The van der Waals surface area contributed by atoms with E-state index in [1.165, 1.54) is 7.11 Å². The highest BCUT2D eigenvalue weighted by Gasteiger charge is 2.22. The molecule has 0 saturated carbocycles. The molecule has 1 aromatic heterocycles. The molecule has 1 aromatic carbocycles. The average molecular weight is 361 g/mol. The Morgan fingerprint density at radius 3 is 2.56 bits per heavy atom. The molecule has 1 heterocycles. The van der Waals surface area contributed by atoms with Crippen molar-refractivity contribution in [3.05, 3.63) is 47.3 Å². The van der Waals surface area contributed by atoms with E-state index in [0.29, 0.717) is 12.2 Å². The van der Waals surface area contributed by atoms with E-state index in [1.807, 2.05) is 44.4 Å². The lowest BCUT2D eigenvalue weighted by molar-refractivity contribution is -0.141. The van der Waals surface area contributed by atoms with Gasteiger partial charge in [-0.25, -0.2) is 0 Å². The summed E-state index contributed by atoms with van der Waals surface area (Å²) in [5.74, 6) is -0.635. The number of nitrogens with one attached hydrogen (secondary N) is 1. The second-order valence-electron chi connectivity index (χ2n) is 5.57. The molecule has 2 rings (SSSR count). The fourth-order valence-corrected chi connectivity index (χ4v) is 2.95. The number of benzene rings is 1. The predicted molar refractivity (Wildman–Crippen MR) is 97.7 cm³/mol. The Labute approximate surface area is 151 Å². The van der Waals surface area contributed by atoms with Crippen molar-refractivity contribution in [2.75, 3.05) is 13.4 Å². The number of hydrogen-bond donors (Lipinski definition) is 1. The van der Waals surface area contributed by atoms with Gasteiger partial charge in [-0.1, -0.05) is 12.1 Å². The number of thioether (sulfide) groups is 1. The number of aryl methyl sites for hydroxylation is 2. The van der Waals surface area contributed by atoms with E-state index in [1.54, 1.807) is 22.5 Å². The van der Waals surface area contributed by atoms with Crippen LogP contribution in [0.4, 0.5) is 0 Å². The van der Waals surface area contributed by atoms with Gasteiger partial charge in [-0.2, -0.15) is 5.10 Å². The molecule has 1 amide bonds. The van der Waals surface area contributed by atoms with Gasteiger partial charge in [-0.3, -0.25) is 14.3 Å². The molecule has 1 unspecified atom stereocenters. The number of aromatic nitrogens is 2. The topological polar surface area (TPSA) is 73.2 Å². The van der Waals surface area contributed by atoms with Crippen molar-refractivity contribution in [2.24, 2.45) is 0 Å². The molecular weight excluding hydrogens is 338 g/mol. The Morgan fingerprint density at radius 2 is 2.00 bits per heavy atom. The molecule has 0 fully saturated rings. The lowest BCUT2D eigenvalue weighted by Crippen LogP contribution is -2.32. The van der Waals surface area contributed by atoms with Crippen LogP contribution in [-0.2, 0) is 16.1 Å². The number of amides is 1. The summed E-state index contributed by atoms with van der Waals surface area (Å²) in [5, 5.41) is 7.22. The molecule has 6 nitrogen and oxygen atoms in total. The molecule has 0 aliphatic carbocycles. The summed E-state index contributed by atoms with van der Waals surface area (Å²) in [6.45, 7) is 4.37. The molecule has 7 heteroatoms. The number of rotatable bonds is 7. The number of carbonyl (C=O) groups excluding carboxylic acids is 2.